The molecule has 0 saturated carbocycles. The van der Waals surface area contributed by atoms with Gasteiger partial charge in [0.25, 0.3) is 0 Å². The van der Waals surface area contributed by atoms with E-state index in [0.717, 1.165) is 105 Å². The Bertz CT molecular complexity index is 308. The van der Waals surface area contributed by atoms with E-state index in [0.29, 0.717) is 0 Å². The van der Waals surface area contributed by atoms with Crippen LogP contribution in [0, 0.1) is 0 Å². The van der Waals surface area contributed by atoms with Gasteiger partial charge >= 0.3 is 0 Å². The van der Waals surface area contributed by atoms with Crippen molar-refractivity contribution in [1.29, 1.82) is 0 Å². The van der Waals surface area contributed by atoms with E-state index in [9.17, 15) is 0 Å². The van der Waals surface area contributed by atoms with Crippen molar-refractivity contribution >= 4 is 0 Å². The molecule has 4 fully saturated rings. The Hall–Kier alpha value is -0.320. The average molecular weight is 401 g/mol. The zero-order valence-electron chi connectivity index (χ0n) is 17.6. The molecule has 0 aliphatic carbocycles. The molecule has 0 atom stereocenters. The second-order valence-electron chi connectivity index (χ2n) is 7.82. The van der Waals surface area contributed by atoms with Gasteiger partial charge in [0.2, 0.25) is 0 Å². The van der Waals surface area contributed by atoms with Crippen LogP contribution in [-0.2, 0) is 18.9 Å². The molecule has 0 N–H and O–H groups in total. The zero-order valence-corrected chi connectivity index (χ0v) is 17.6. The van der Waals surface area contributed by atoms with E-state index in [-0.39, 0.29) is 0 Å². The molecule has 4 aliphatic heterocycles. The lowest BCUT2D eigenvalue weighted by Gasteiger charge is -2.31. The summed E-state index contributed by atoms with van der Waals surface area (Å²) in [7, 11) is 0. The van der Waals surface area contributed by atoms with Crippen molar-refractivity contribution in [2.75, 3.05) is 131 Å². The van der Waals surface area contributed by atoms with E-state index in [4.69, 9.17) is 18.9 Å². The third kappa shape index (κ3) is 9.00. The molecule has 4 aliphatic rings. The normalized spacial score (nSPS) is 26.6. The van der Waals surface area contributed by atoms with Crippen LogP contribution >= 0.6 is 0 Å². The van der Waals surface area contributed by atoms with E-state index in [1.54, 1.807) is 0 Å². The molecule has 28 heavy (non-hydrogen) atoms. The second-order valence-corrected chi connectivity index (χ2v) is 7.82. The summed E-state index contributed by atoms with van der Waals surface area (Å²) >= 11 is 0. The topological polar surface area (TPSA) is 49.9 Å². The molecule has 8 heteroatoms. The molecular weight excluding hydrogens is 360 g/mol. The van der Waals surface area contributed by atoms with E-state index in [1.807, 2.05) is 0 Å². The minimum atomic E-state index is 0.906. The van der Waals surface area contributed by atoms with Crippen LogP contribution in [0.5, 0.6) is 0 Å². The number of nitrogens with zero attached hydrogens (tertiary/aromatic N) is 4. The van der Waals surface area contributed by atoms with Gasteiger partial charge in [-0.15, -0.1) is 0 Å². The van der Waals surface area contributed by atoms with Gasteiger partial charge in [-0.25, -0.2) is 0 Å². The molecule has 0 amide bonds. The second kappa shape index (κ2) is 13.8. The SMILES string of the molecule is C1CN(CCN2CCOCC2)CCO1.C1CN(CCN2CCOCC2)CCO1. The predicted molar refractivity (Wildman–Crippen MR) is 109 cm³/mol. The van der Waals surface area contributed by atoms with Gasteiger partial charge in [0, 0.05) is 78.5 Å². The minimum Gasteiger partial charge on any atom is -0.379 e. The molecule has 0 bridgehead atoms. The number of hydrogen-bond acceptors (Lipinski definition) is 8. The van der Waals surface area contributed by atoms with Gasteiger partial charge in [-0.1, -0.05) is 0 Å². The molecule has 0 spiro atoms. The van der Waals surface area contributed by atoms with Crippen LogP contribution in [0.4, 0.5) is 0 Å². The van der Waals surface area contributed by atoms with Crippen LogP contribution in [0.1, 0.15) is 0 Å². The average Bonchev–Trinajstić information content (AvgIpc) is 2.80. The fraction of sp³-hybridized carbons (Fsp3) is 1.00. The maximum Gasteiger partial charge on any atom is 0.0594 e. The first-order chi connectivity index (χ1) is 13.9. The first-order valence-electron chi connectivity index (χ1n) is 11.1. The fourth-order valence-corrected chi connectivity index (χ4v) is 3.86. The Morgan fingerprint density at radius 3 is 0.679 bits per heavy atom. The molecule has 0 unspecified atom stereocenters. The number of ether oxygens (including phenoxy) is 4. The Morgan fingerprint density at radius 1 is 0.321 bits per heavy atom. The number of morpholine rings is 4. The van der Waals surface area contributed by atoms with Crippen molar-refractivity contribution in [3.8, 4) is 0 Å². The molecular formula is C20H40N4O4. The Morgan fingerprint density at radius 2 is 0.500 bits per heavy atom. The van der Waals surface area contributed by atoms with Gasteiger partial charge in [-0.3, -0.25) is 19.6 Å². The van der Waals surface area contributed by atoms with Crippen molar-refractivity contribution in [1.82, 2.24) is 19.6 Å². The summed E-state index contributed by atoms with van der Waals surface area (Å²) in [5.74, 6) is 0. The number of rotatable bonds is 6. The van der Waals surface area contributed by atoms with E-state index < -0.39 is 0 Å². The highest BCUT2D eigenvalue weighted by Gasteiger charge is 2.15. The summed E-state index contributed by atoms with van der Waals surface area (Å²) in [6.45, 7) is 20.8. The van der Waals surface area contributed by atoms with Crippen molar-refractivity contribution in [2.45, 2.75) is 0 Å². The van der Waals surface area contributed by atoms with Gasteiger partial charge in [0.05, 0.1) is 52.9 Å². The van der Waals surface area contributed by atoms with Crippen molar-refractivity contribution in [3.05, 3.63) is 0 Å². The Balaban J connectivity index is 0.000000161. The quantitative estimate of drug-likeness (QED) is 0.580. The van der Waals surface area contributed by atoms with Gasteiger partial charge in [-0.2, -0.15) is 0 Å². The zero-order chi connectivity index (χ0) is 19.3. The monoisotopic (exact) mass is 400 g/mol. The summed E-state index contributed by atoms with van der Waals surface area (Å²) < 4.78 is 21.3. The molecule has 8 nitrogen and oxygen atoms in total. The largest absolute Gasteiger partial charge is 0.379 e. The molecule has 4 saturated heterocycles. The van der Waals surface area contributed by atoms with Crippen LogP contribution in [0.15, 0.2) is 0 Å². The Labute approximate surface area is 170 Å². The fourth-order valence-electron chi connectivity index (χ4n) is 3.86. The Kier molecular flexibility index (Phi) is 11.0. The van der Waals surface area contributed by atoms with Crippen molar-refractivity contribution in [2.24, 2.45) is 0 Å². The first kappa shape index (κ1) is 22.4. The highest BCUT2D eigenvalue weighted by molar-refractivity contribution is 4.68. The molecule has 0 aromatic rings. The third-order valence-corrected chi connectivity index (χ3v) is 5.88. The maximum atomic E-state index is 5.32. The van der Waals surface area contributed by atoms with E-state index in [2.05, 4.69) is 19.6 Å². The van der Waals surface area contributed by atoms with E-state index >= 15 is 0 Å². The van der Waals surface area contributed by atoms with Gasteiger partial charge in [0.1, 0.15) is 0 Å². The molecule has 4 rings (SSSR count). The van der Waals surface area contributed by atoms with Gasteiger partial charge in [-0.05, 0) is 0 Å². The summed E-state index contributed by atoms with van der Waals surface area (Å²) in [4.78, 5) is 9.94. The molecule has 0 aromatic carbocycles. The molecule has 164 valence electrons. The van der Waals surface area contributed by atoms with Crippen LogP contribution in [0.2, 0.25) is 0 Å². The first-order valence-corrected chi connectivity index (χ1v) is 11.1. The highest BCUT2D eigenvalue weighted by Crippen LogP contribution is 2.01. The third-order valence-electron chi connectivity index (χ3n) is 5.88. The maximum absolute atomic E-state index is 5.32. The molecule has 0 radical (unpaired) electrons. The summed E-state index contributed by atoms with van der Waals surface area (Å²) in [5.41, 5.74) is 0. The van der Waals surface area contributed by atoms with Crippen molar-refractivity contribution in [3.63, 3.8) is 0 Å². The lowest BCUT2D eigenvalue weighted by molar-refractivity contribution is 0.0136. The standard InChI is InChI=1S/2C10H20N2O2/c2*1(11-3-7-13-8-4-11)2-12-5-9-14-10-6-12/h2*1-10H2. The highest BCUT2D eigenvalue weighted by atomic mass is 16.5. The summed E-state index contributed by atoms with van der Waals surface area (Å²) in [6, 6.07) is 0. The van der Waals surface area contributed by atoms with Gasteiger partial charge in [0.15, 0.2) is 0 Å². The molecule has 0 aromatic heterocycles. The summed E-state index contributed by atoms with van der Waals surface area (Å²) in [5, 5.41) is 0. The minimum absolute atomic E-state index is 0.906. The number of hydrogen-bond donors (Lipinski definition) is 0. The van der Waals surface area contributed by atoms with Crippen LogP contribution in [0.25, 0.3) is 0 Å². The molecule has 4 heterocycles. The summed E-state index contributed by atoms with van der Waals surface area (Å²) in [6.07, 6.45) is 0. The van der Waals surface area contributed by atoms with Crippen molar-refractivity contribution < 1.29 is 18.9 Å². The lowest BCUT2D eigenvalue weighted by Crippen LogP contribution is -2.44. The van der Waals surface area contributed by atoms with Crippen LogP contribution in [-0.4, -0.2) is 151 Å². The smallest absolute Gasteiger partial charge is 0.0594 e. The van der Waals surface area contributed by atoms with Crippen LogP contribution in [0.3, 0.4) is 0 Å². The van der Waals surface area contributed by atoms with E-state index in [1.165, 1.54) is 26.2 Å². The lowest BCUT2D eigenvalue weighted by atomic mass is 10.3. The van der Waals surface area contributed by atoms with Crippen LogP contribution < -0.4 is 0 Å². The predicted octanol–water partition coefficient (Wildman–Crippen LogP) is -0.698. The van der Waals surface area contributed by atoms with Gasteiger partial charge < -0.3 is 18.9 Å².